The highest BCUT2D eigenvalue weighted by Gasteiger charge is 2.13. The summed E-state index contributed by atoms with van der Waals surface area (Å²) < 4.78 is 0. The van der Waals surface area contributed by atoms with E-state index in [2.05, 4.69) is 25.9 Å². The van der Waals surface area contributed by atoms with E-state index >= 15 is 0 Å². The molecule has 2 N–H and O–H groups in total. The molecule has 0 spiro atoms. The van der Waals surface area contributed by atoms with Gasteiger partial charge in [0.05, 0.1) is 5.71 Å². The molecule has 3 rings (SSSR count). The number of nitrogens with one attached hydrogen (secondary N) is 2. The van der Waals surface area contributed by atoms with Gasteiger partial charge in [-0.3, -0.25) is 4.79 Å². The van der Waals surface area contributed by atoms with Crippen LogP contribution in [0.4, 0.5) is 0 Å². The molecule has 0 saturated carbocycles. The Labute approximate surface area is 90.7 Å². The summed E-state index contributed by atoms with van der Waals surface area (Å²) in [5, 5.41) is 14.6. The van der Waals surface area contributed by atoms with E-state index in [9.17, 15) is 4.79 Å². The molecule has 0 bridgehead atoms. The number of aromatic amines is 1. The van der Waals surface area contributed by atoms with Crippen LogP contribution in [0.1, 0.15) is 18.4 Å². The molecular formula is C10H9N5O. The molecule has 16 heavy (non-hydrogen) atoms. The van der Waals surface area contributed by atoms with Crippen molar-refractivity contribution in [1.29, 1.82) is 0 Å². The molecule has 1 aromatic heterocycles. The molecule has 0 saturated heterocycles. The second kappa shape index (κ2) is 3.41. The number of carbonyl (C=O) groups excluding carboxylic acids is 1. The Morgan fingerprint density at radius 2 is 2.00 bits per heavy atom. The number of benzene rings is 1. The summed E-state index contributed by atoms with van der Waals surface area (Å²) in [5.74, 6) is -0.0359. The predicted molar refractivity (Wildman–Crippen MR) is 57.8 cm³/mol. The number of carbonyl (C=O) groups is 1. The van der Waals surface area contributed by atoms with Crippen LogP contribution < -0.4 is 5.43 Å². The van der Waals surface area contributed by atoms with Crippen LogP contribution in [0.2, 0.25) is 0 Å². The molecule has 0 atom stereocenters. The number of rotatable bonds is 1. The van der Waals surface area contributed by atoms with E-state index in [1.165, 1.54) is 0 Å². The van der Waals surface area contributed by atoms with Crippen molar-refractivity contribution in [2.75, 3.05) is 0 Å². The van der Waals surface area contributed by atoms with Gasteiger partial charge in [-0.2, -0.15) is 20.5 Å². The topological polar surface area (TPSA) is 83.0 Å². The third-order valence-corrected chi connectivity index (χ3v) is 2.55. The first-order chi connectivity index (χ1) is 7.83. The molecule has 0 aliphatic carbocycles. The van der Waals surface area contributed by atoms with Crippen LogP contribution in [0.25, 0.3) is 11.0 Å². The molecule has 1 aromatic carbocycles. The minimum atomic E-state index is -0.0359. The normalized spacial score (nSPS) is 16.0. The molecule has 2 heterocycles. The summed E-state index contributed by atoms with van der Waals surface area (Å²) >= 11 is 0. The largest absolute Gasteiger partial charge is 0.273 e. The van der Waals surface area contributed by atoms with Crippen LogP contribution in [0, 0.1) is 0 Å². The summed E-state index contributed by atoms with van der Waals surface area (Å²) in [7, 11) is 0. The number of amides is 1. The fourth-order valence-corrected chi connectivity index (χ4v) is 1.70. The Morgan fingerprint density at radius 1 is 1.12 bits per heavy atom. The van der Waals surface area contributed by atoms with Crippen molar-refractivity contribution in [3.63, 3.8) is 0 Å². The maximum atomic E-state index is 11.0. The van der Waals surface area contributed by atoms with Gasteiger partial charge in [-0.1, -0.05) is 6.07 Å². The van der Waals surface area contributed by atoms with Crippen molar-refractivity contribution in [2.24, 2.45) is 5.10 Å². The van der Waals surface area contributed by atoms with Crippen LogP contribution in [0.15, 0.2) is 23.3 Å². The molecule has 1 aliphatic heterocycles. The zero-order chi connectivity index (χ0) is 11.0. The van der Waals surface area contributed by atoms with Crippen LogP contribution in [0.3, 0.4) is 0 Å². The lowest BCUT2D eigenvalue weighted by Gasteiger charge is -2.11. The average Bonchev–Trinajstić information content (AvgIpc) is 2.77. The molecule has 0 radical (unpaired) electrons. The standard InChI is InChI=1S/C10H9N5O/c16-10-4-3-7(11-14-10)6-1-2-8-9(5-6)13-15-12-8/h1-2,5H,3-4H2,(H,14,16)(H,12,13,15). The molecule has 1 aliphatic rings. The first kappa shape index (κ1) is 9.02. The Hall–Kier alpha value is -2.24. The summed E-state index contributed by atoms with van der Waals surface area (Å²) in [4.78, 5) is 11.0. The van der Waals surface area contributed by atoms with Crippen LogP contribution in [0.5, 0.6) is 0 Å². The van der Waals surface area contributed by atoms with E-state index in [1.54, 1.807) is 0 Å². The number of fused-ring (bicyclic) bond motifs is 1. The van der Waals surface area contributed by atoms with Gasteiger partial charge in [-0.25, -0.2) is 5.43 Å². The number of nitrogens with zero attached hydrogens (tertiary/aromatic N) is 3. The molecule has 6 nitrogen and oxygen atoms in total. The first-order valence-electron chi connectivity index (χ1n) is 4.99. The lowest BCUT2D eigenvalue weighted by Crippen LogP contribution is -2.25. The van der Waals surface area contributed by atoms with Gasteiger partial charge in [0.1, 0.15) is 11.0 Å². The maximum absolute atomic E-state index is 11.0. The summed E-state index contributed by atoms with van der Waals surface area (Å²) in [6.45, 7) is 0. The number of hydrazone groups is 1. The van der Waals surface area contributed by atoms with Crippen molar-refractivity contribution >= 4 is 22.7 Å². The molecule has 6 heteroatoms. The monoisotopic (exact) mass is 215 g/mol. The summed E-state index contributed by atoms with van der Waals surface area (Å²) in [6, 6.07) is 5.73. The second-order valence-electron chi connectivity index (χ2n) is 3.62. The van der Waals surface area contributed by atoms with E-state index in [4.69, 9.17) is 0 Å². The Morgan fingerprint density at radius 3 is 2.81 bits per heavy atom. The van der Waals surface area contributed by atoms with E-state index in [1.807, 2.05) is 18.2 Å². The highest BCUT2D eigenvalue weighted by molar-refractivity contribution is 6.05. The predicted octanol–water partition coefficient (Wildman–Crippen LogP) is 0.572. The highest BCUT2D eigenvalue weighted by atomic mass is 16.2. The van der Waals surface area contributed by atoms with Crippen LogP contribution >= 0.6 is 0 Å². The molecule has 0 unspecified atom stereocenters. The highest BCUT2D eigenvalue weighted by Crippen LogP contribution is 2.14. The minimum Gasteiger partial charge on any atom is -0.273 e. The Kier molecular flexibility index (Phi) is 1.92. The quantitative estimate of drug-likeness (QED) is 0.729. The van der Waals surface area contributed by atoms with Gasteiger partial charge in [-0.05, 0) is 12.1 Å². The van der Waals surface area contributed by atoms with E-state index in [0.717, 1.165) is 22.3 Å². The fraction of sp³-hybridized carbons (Fsp3) is 0.200. The van der Waals surface area contributed by atoms with E-state index in [0.29, 0.717) is 12.8 Å². The molecule has 1 amide bonds. The second-order valence-corrected chi connectivity index (χ2v) is 3.62. The number of hydrogen-bond acceptors (Lipinski definition) is 4. The molecule has 80 valence electrons. The molecule has 2 aromatic rings. The van der Waals surface area contributed by atoms with Crippen molar-refractivity contribution in [1.82, 2.24) is 20.8 Å². The van der Waals surface area contributed by atoms with Crippen LogP contribution in [-0.2, 0) is 4.79 Å². The summed E-state index contributed by atoms with van der Waals surface area (Å²) in [6.07, 6.45) is 1.14. The van der Waals surface area contributed by atoms with E-state index < -0.39 is 0 Å². The van der Waals surface area contributed by atoms with Crippen molar-refractivity contribution < 1.29 is 4.79 Å². The lowest BCUT2D eigenvalue weighted by atomic mass is 10.0. The fourth-order valence-electron chi connectivity index (χ4n) is 1.70. The van der Waals surface area contributed by atoms with Gasteiger partial charge < -0.3 is 0 Å². The maximum Gasteiger partial charge on any atom is 0.240 e. The smallest absolute Gasteiger partial charge is 0.240 e. The third kappa shape index (κ3) is 1.44. The first-order valence-corrected chi connectivity index (χ1v) is 4.99. The number of hydrogen-bond donors (Lipinski definition) is 2. The van der Waals surface area contributed by atoms with Gasteiger partial charge in [0.2, 0.25) is 5.91 Å². The van der Waals surface area contributed by atoms with Crippen molar-refractivity contribution in [2.45, 2.75) is 12.8 Å². The van der Waals surface area contributed by atoms with Crippen molar-refractivity contribution in [3.8, 4) is 0 Å². The van der Waals surface area contributed by atoms with E-state index in [-0.39, 0.29) is 5.91 Å². The van der Waals surface area contributed by atoms with Gasteiger partial charge in [0, 0.05) is 18.4 Å². The van der Waals surface area contributed by atoms with Gasteiger partial charge in [0.15, 0.2) is 0 Å². The molecule has 0 fully saturated rings. The SMILES string of the molecule is O=C1CCC(c2ccc3n[nH]nc3c2)=NN1. The van der Waals surface area contributed by atoms with Gasteiger partial charge in [-0.15, -0.1) is 0 Å². The van der Waals surface area contributed by atoms with Crippen molar-refractivity contribution in [3.05, 3.63) is 23.8 Å². The minimum absolute atomic E-state index is 0.0359. The third-order valence-electron chi connectivity index (χ3n) is 2.55. The number of H-pyrrole nitrogens is 1. The zero-order valence-electron chi connectivity index (χ0n) is 8.40. The Balaban J connectivity index is 2.02. The van der Waals surface area contributed by atoms with Gasteiger partial charge >= 0.3 is 0 Å². The Bertz CT molecular complexity index is 586. The van der Waals surface area contributed by atoms with Gasteiger partial charge in [0.25, 0.3) is 0 Å². The van der Waals surface area contributed by atoms with Crippen LogP contribution in [-0.4, -0.2) is 27.0 Å². The molecular weight excluding hydrogens is 206 g/mol. The zero-order valence-corrected chi connectivity index (χ0v) is 8.40. The number of aromatic nitrogens is 3. The lowest BCUT2D eigenvalue weighted by molar-refractivity contribution is -0.121. The average molecular weight is 215 g/mol. The summed E-state index contributed by atoms with van der Waals surface area (Å²) in [5.41, 5.74) is 5.96.